The van der Waals surface area contributed by atoms with E-state index in [9.17, 15) is 9.59 Å². The maximum atomic E-state index is 11.5. The summed E-state index contributed by atoms with van der Waals surface area (Å²) in [5.41, 5.74) is 0. The van der Waals surface area contributed by atoms with Crippen LogP contribution in [0.4, 0.5) is 0 Å². The average molecular weight is 240 g/mol. The first-order valence-corrected chi connectivity index (χ1v) is 6.76. The second kappa shape index (κ2) is 7.30. The van der Waals surface area contributed by atoms with E-state index in [0.29, 0.717) is 6.54 Å². The van der Waals surface area contributed by atoms with Gasteiger partial charge in [-0.2, -0.15) is 0 Å². The van der Waals surface area contributed by atoms with E-state index in [1.54, 1.807) is 0 Å². The van der Waals surface area contributed by atoms with E-state index in [1.807, 2.05) is 6.92 Å². The Balaban J connectivity index is 2.25. The van der Waals surface area contributed by atoms with Gasteiger partial charge in [0.05, 0.1) is 0 Å². The molecule has 2 amide bonds. The number of carbonyl (C=O) groups is 2. The predicted molar refractivity (Wildman–Crippen MR) is 67.5 cm³/mol. The van der Waals surface area contributed by atoms with Crippen LogP contribution in [0.15, 0.2) is 0 Å². The summed E-state index contributed by atoms with van der Waals surface area (Å²) in [7, 11) is 0. The summed E-state index contributed by atoms with van der Waals surface area (Å²) in [6.45, 7) is 4.74. The van der Waals surface area contributed by atoms with Gasteiger partial charge in [-0.3, -0.25) is 9.59 Å². The Bertz CT molecular complexity index is 258. The van der Waals surface area contributed by atoms with E-state index in [0.717, 1.165) is 38.0 Å². The molecule has 0 saturated heterocycles. The maximum absolute atomic E-state index is 11.5. The minimum absolute atomic E-state index is 0.192. The minimum Gasteiger partial charge on any atom is -0.348 e. The molecule has 0 unspecified atom stereocenters. The number of hydrogen-bond donors (Lipinski definition) is 2. The lowest BCUT2D eigenvalue weighted by molar-refractivity contribution is -0.139. The highest BCUT2D eigenvalue weighted by atomic mass is 16.2. The fraction of sp³-hybridized carbons (Fsp3) is 0.846. The molecule has 0 aromatic carbocycles. The van der Waals surface area contributed by atoms with Gasteiger partial charge >= 0.3 is 11.8 Å². The summed E-state index contributed by atoms with van der Waals surface area (Å²) >= 11 is 0. The summed E-state index contributed by atoms with van der Waals surface area (Å²) in [5, 5.41) is 5.41. The maximum Gasteiger partial charge on any atom is 0.309 e. The first-order chi connectivity index (χ1) is 8.17. The molecule has 1 aliphatic rings. The topological polar surface area (TPSA) is 58.2 Å². The summed E-state index contributed by atoms with van der Waals surface area (Å²) < 4.78 is 0. The highest BCUT2D eigenvalue weighted by Gasteiger charge is 2.23. The molecule has 17 heavy (non-hydrogen) atoms. The fourth-order valence-corrected chi connectivity index (χ4v) is 2.28. The van der Waals surface area contributed by atoms with Gasteiger partial charge in [0.25, 0.3) is 0 Å². The molecule has 0 aliphatic heterocycles. The lowest BCUT2D eigenvalue weighted by atomic mass is 9.84. The Morgan fingerprint density at radius 2 is 1.71 bits per heavy atom. The number of carbonyl (C=O) groups excluding carboxylic acids is 2. The zero-order chi connectivity index (χ0) is 12.7. The smallest absolute Gasteiger partial charge is 0.309 e. The molecule has 0 atom stereocenters. The van der Waals surface area contributed by atoms with Crippen molar-refractivity contribution in [2.24, 2.45) is 5.92 Å². The van der Waals surface area contributed by atoms with Crippen LogP contribution in [-0.2, 0) is 9.59 Å². The Morgan fingerprint density at radius 1 is 1.06 bits per heavy atom. The normalized spacial score (nSPS) is 24.1. The second-order valence-electron chi connectivity index (χ2n) is 4.86. The van der Waals surface area contributed by atoms with Crippen molar-refractivity contribution in [2.45, 2.75) is 58.4 Å². The van der Waals surface area contributed by atoms with Crippen LogP contribution in [0, 0.1) is 5.92 Å². The van der Waals surface area contributed by atoms with Crippen LogP contribution in [0.2, 0.25) is 0 Å². The molecular weight excluding hydrogens is 216 g/mol. The monoisotopic (exact) mass is 240 g/mol. The van der Waals surface area contributed by atoms with Crippen LogP contribution in [0.25, 0.3) is 0 Å². The highest BCUT2D eigenvalue weighted by molar-refractivity contribution is 6.35. The van der Waals surface area contributed by atoms with Crippen LogP contribution < -0.4 is 10.6 Å². The van der Waals surface area contributed by atoms with E-state index < -0.39 is 11.8 Å². The van der Waals surface area contributed by atoms with Gasteiger partial charge in [0.15, 0.2) is 0 Å². The number of nitrogens with one attached hydrogen (secondary N) is 2. The van der Waals surface area contributed by atoms with Crippen molar-refractivity contribution in [3.63, 3.8) is 0 Å². The molecular formula is C13H24N2O2. The Hall–Kier alpha value is -1.06. The molecule has 4 heteroatoms. The SMILES string of the molecule is CCCNC(=O)C(=O)NC1CCC(CC)CC1. The molecule has 0 heterocycles. The van der Waals surface area contributed by atoms with Crippen LogP contribution in [0.3, 0.4) is 0 Å². The van der Waals surface area contributed by atoms with Crippen molar-refractivity contribution in [1.82, 2.24) is 10.6 Å². The molecule has 2 N–H and O–H groups in total. The largest absolute Gasteiger partial charge is 0.348 e. The van der Waals surface area contributed by atoms with Crippen molar-refractivity contribution in [3.05, 3.63) is 0 Å². The van der Waals surface area contributed by atoms with Gasteiger partial charge in [-0.1, -0.05) is 20.3 Å². The van der Waals surface area contributed by atoms with Crippen molar-refractivity contribution in [3.8, 4) is 0 Å². The van der Waals surface area contributed by atoms with E-state index in [4.69, 9.17) is 0 Å². The summed E-state index contributed by atoms with van der Waals surface area (Å²) in [5.74, 6) is -0.167. The molecule has 0 radical (unpaired) electrons. The standard InChI is InChI=1S/C13H24N2O2/c1-3-9-14-12(16)13(17)15-11-7-5-10(4-2)6-8-11/h10-11H,3-9H2,1-2H3,(H,14,16)(H,15,17). The van der Waals surface area contributed by atoms with Gasteiger partial charge in [-0.15, -0.1) is 0 Å². The summed E-state index contributed by atoms with van der Waals surface area (Å²) in [6, 6.07) is 0.192. The van der Waals surface area contributed by atoms with Crippen LogP contribution >= 0.6 is 0 Å². The van der Waals surface area contributed by atoms with Gasteiger partial charge in [0, 0.05) is 12.6 Å². The zero-order valence-corrected chi connectivity index (χ0v) is 10.9. The molecule has 0 spiro atoms. The van der Waals surface area contributed by atoms with Gasteiger partial charge in [0.2, 0.25) is 0 Å². The lowest BCUT2D eigenvalue weighted by Gasteiger charge is -2.28. The van der Waals surface area contributed by atoms with Crippen molar-refractivity contribution >= 4 is 11.8 Å². The lowest BCUT2D eigenvalue weighted by Crippen LogP contribution is -2.45. The molecule has 0 aromatic rings. The number of rotatable bonds is 4. The fourth-order valence-electron chi connectivity index (χ4n) is 2.28. The molecule has 1 rings (SSSR count). The quantitative estimate of drug-likeness (QED) is 0.733. The van der Waals surface area contributed by atoms with Gasteiger partial charge in [-0.25, -0.2) is 0 Å². The van der Waals surface area contributed by atoms with E-state index in [2.05, 4.69) is 17.6 Å². The molecule has 4 nitrogen and oxygen atoms in total. The van der Waals surface area contributed by atoms with Crippen molar-refractivity contribution < 1.29 is 9.59 Å². The Kier molecular flexibility index (Phi) is 6.01. The van der Waals surface area contributed by atoms with Crippen molar-refractivity contribution in [2.75, 3.05) is 6.54 Å². The van der Waals surface area contributed by atoms with Crippen LogP contribution in [0.5, 0.6) is 0 Å². The highest BCUT2D eigenvalue weighted by Crippen LogP contribution is 2.26. The molecule has 1 fully saturated rings. The molecule has 98 valence electrons. The van der Waals surface area contributed by atoms with Gasteiger partial charge in [0.1, 0.15) is 0 Å². The molecule has 1 aliphatic carbocycles. The zero-order valence-electron chi connectivity index (χ0n) is 10.9. The predicted octanol–water partition coefficient (Wildman–Crippen LogP) is 1.60. The van der Waals surface area contributed by atoms with Crippen LogP contribution in [-0.4, -0.2) is 24.4 Å². The van der Waals surface area contributed by atoms with Crippen LogP contribution in [0.1, 0.15) is 52.4 Å². The summed E-state index contributed by atoms with van der Waals surface area (Å²) in [4.78, 5) is 22.9. The van der Waals surface area contributed by atoms with E-state index in [-0.39, 0.29) is 6.04 Å². The first kappa shape index (κ1) is 14.0. The third-order valence-corrected chi connectivity index (χ3v) is 3.50. The van der Waals surface area contributed by atoms with Gasteiger partial charge < -0.3 is 10.6 Å². The van der Waals surface area contributed by atoms with Gasteiger partial charge in [-0.05, 0) is 38.0 Å². The Morgan fingerprint density at radius 3 is 2.24 bits per heavy atom. The third kappa shape index (κ3) is 4.75. The second-order valence-corrected chi connectivity index (χ2v) is 4.86. The van der Waals surface area contributed by atoms with Crippen molar-refractivity contribution in [1.29, 1.82) is 0 Å². The Labute approximate surface area is 104 Å². The first-order valence-electron chi connectivity index (χ1n) is 6.76. The molecule has 1 saturated carbocycles. The van der Waals surface area contributed by atoms with E-state index >= 15 is 0 Å². The number of hydrogen-bond acceptors (Lipinski definition) is 2. The molecule has 0 bridgehead atoms. The number of amides is 2. The van der Waals surface area contributed by atoms with E-state index in [1.165, 1.54) is 6.42 Å². The summed E-state index contributed by atoms with van der Waals surface area (Å²) in [6.07, 6.45) is 6.41. The average Bonchev–Trinajstić information content (AvgIpc) is 2.36. The third-order valence-electron chi connectivity index (χ3n) is 3.50. The minimum atomic E-state index is -0.496. The molecule has 0 aromatic heterocycles.